The van der Waals surface area contributed by atoms with E-state index in [1.54, 1.807) is 0 Å². The van der Waals surface area contributed by atoms with Crippen molar-refractivity contribution in [2.45, 2.75) is 39.7 Å². The Labute approximate surface area is 151 Å². The largest absolute Gasteiger partial charge is 0.453 e. The molecule has 2 N–H and O–H groups in total. The Hall–Kier alpha value is -2.90. The molecule has 0 aliphatic carbocycles. The van der Waals surface area contributed by atoms with Gasteiger partial charge in [0.15, 0.2) is 6.10 Å². The Morgan fingerprint density at radius 1 is 1.31 bits per heavy atom. The third-order valence-electron chi connectivity index (χ3n) is 4.03. The molecule has 0 unspecified atom stereocenters. The van der Waals surface area contributed by atoms with Gasteiger partial charge in [-0.05, 0) is 44.4 Å². The van der Waals surface area contributed by atoms with Crippen molar-refractivity contribution < 1.29 is 23.9 Å². The van der Waals surface area contributed by atoms with Crippen molar-refractivity contribution in [2.75, 3.05) is 18.4 Å². The second-order valence-corrected chi connectivity index (χ2v) is 6.25. The number of nitrogens with one attached hydrogen (secondary N) is 2. The van der Waals surface area contributed by atoms with Crippen LogP contribution in [0.3, 0.4) is 0 Å². The SMILES string of the molecule is Cc1ccc(C)c(NC(=O)[C@H](C)OC(=O)CCCN2C(=O)CNC2=O)c1. The number of hydrogen-bond donors (Lipinski definition) is 2. The van der Waals surface area contributed by atoms with E-state index in [4.69, 9.17) is 4.74 Å². The predicted molar refractivity (Wildman–Crippen MR) is 94.4 cm³/mol. The summed E-state index contributed by atoms with van der Waals surface area (Å²) in [7, 11) is 0. The minimum Gasteiger partial charge on any atom is -0.453 e. The summed E-state index contributed by atoms with van der Waals surface area (Å²) >= 11 is 0. The smallest absolute Gasteiger partial charge is 0.324 e. The van der Waals surface area contributed by atoms with Crippen LogP contribution in [0.2, 0.25) is 0 Å². The molecule has 1 aliphatic heterocycles. The highest BCUT2D eigenvalue weighted by Gasteiger charge is 2.28. The molecular weight excluding hydrogens is 338 g/mol. The molecule has 0 saturated carbocycles. The second-order valence-electron chi connectivity index (χ2n) is 6.25. The molecule has 1 aliphatic rings. The lowest BCUT2D eigenvalue weighted by Crippen LogP contribution is -2.33. The van der Waals surface area contributed by atoms with Gasteiger partial charge < -0.3 is 15.4 Å². The number of carbonyl (C=O) groups is 4. The van der Waals surface area contributed by atoms with Crippen LogP contribution in [0.5, 0.6) is 0 Å². The topological polar surface area (TPSA) is 105 Å². The van der Waals surface area contributed by atoms with Crippen LogP contribution in [0.15, 0.2) is 18.2 Å². The van der Waals surface area contributed by atoms with Crippen LogP contribution in [0.4, 0.5) is 10.5 Å². The number of amides is 4. The van der Waals surface area contributed by atoms with Crippen molar-refractivity contribution in [3.63, 3.8) is 0 Å². The number of benzene rings is 1. The Morgan fingerprint density at radius 3 is 2.69 bits per heavy atom. The number of anilines is 1. The molecule has 0 radical (unpaired) electrons. The van der Waals surface area contributed by atoms with E-state index in [0.717, 1.165) is 16.0 Å². The molecule has 1 heterocycles. The standard InChI is InChI=1S/C18H23N3O5/c1-11-6-7-12(2)14(9-11)20-17(24)13(3)26-16(23)5-4-8-21-15(22)10-19-18(21)25/h6-7,9,13H,4-5,8,10H2,1-3H3,(H,19,25)(H,20,24)/t13-/m0/s1. The van der Waals surface area contributed by atoms with Gasteiger partial charge in [0, 0.05) is 18.7 Å². The van der Waals surface area contributed by atoms with Crippen LogP contribution >= 0.6 is 0 Å². The van der Waals surface area contributed by atoms with Crippen molar-refractivity contribution in [1.82, 2.24) is 10.2 Å². The average Bonchev–Trinajstić information content (AvgIpc) is 2.90. The van der Waals surface area contributed by atoms with Gasteiger partial charge in [-0.2, -0.15) is 0 Å². The molecule has 0 spiro atoms. The zero-order chi connectivity index (χ0) is 19.3. The van der Waals surface area contributed by atoms with Gasteiger partial charge in [0.05, 0.1) is 6.54 Å². The Bertz CT molecular complexity index is 716. The number of imide groups is 1. The zero-order valence-corrected chi connectivity index (χ0v) is 15.1. The van der Waals surface area contributed by atoms with Crippen molar-refractivity contribution in [1.29, 1.82) is 0 Å². The second kappa shape index (κ2) is 8.46. The molecule has 2 rings (SSSR count). The van der Waals surface area contributed by atoms with Gasteiger partial charge in [0.25, 0.3) is 5.91 Å². The van der Waals surface area contributed by atoms with Crippen molar-refractivity contribution in [3.05, 3.63) is 29.3 Å². The molecule has 8 nitrogen and oxygen atoms in total. The number of urea groups is 1. The molecule has 0 bridgehead atoms. The van der Waals surface area contributed by atoms with E-state index >= 15 is 0 Å². The number of ether oxygens (including phenoxy) is 1. The lowest BCUT2D eigenvalue weighted by atomic mass is 10.1. The molecular formula is C18H23N3O5. The number of carbonyl (C=O) groups excluding carboxylic acids is 4. The van der Waals surface area contributed by atoms with Crippen LogP contribution in [-0.4, -0.2) is 47.9 Å². The highest BCUT2D eigenvalue weighted by Crippen LogP contribution is 2.17. The third kappa shape index (κ3) is 5.05. The summed E-state index contributed by atoms with van der Waals surface area (Å²) in [5.41, 5.74) is 2.60. The number of nitrogens with zero attached hydrogens (tertiary/aromatic N) is 1. The van der Waals surface area contributed by atoms with Gasteiger partial charge >= 0.3 is 12.0 Å². The highest BCUT2D eigenvalue weighted by atomic mass is 16.5. The molecule has 140 valence electrons. The number of esters is 1. The van der Waals surface area contributed by atoms with E-state index in [0.29, 0.717) is 5.69 Å². The quantitative estimate of drug-likeness (QED) is 0.566. The maximum Gasteiger partial charge on any atom is 0.324 e. The van der Waals surface area contributed by atoms with E-state index < -0.39 is 24.0 Å². The minimum absolute atomic E-state index is 0.0121. The maximum atomic E-state index is 12.2. The molecule has 4 amide bonds. The van der Waals surface area contributed by atoms with E-state index in [1.807, 2.05) is 32.0 Å². The van der Waals surface area contributed by atoms with Gasteiger partial charge in [0.2, 0.25) is 5.91 Å². The first-order valence-electron chi connectivity index (χ1n) is 8.43. The summed E-state index contributed by atoms with van der Waals surface area (Å²) in [4.78, 5) is 47.9. The Balaban J connectivity index is 1.77. The average molecular weight is 361 g/mol. The van der Waals surface area contributed by atoms with Gasteiger partial charge in [-0.25, -0.2) is 4.79 Å². The molecule has 1 fully saturated rings. The molecule has 1 saturated heterocycles. The molecule has 8 heteroatoms. The summed E-state index contributed by atoms with van der Waals surface area (Å²) in [6.45, 7) is 5.42. The Morgan fingerprint density at radius 2 is 2.04 bits per heavy atom. The number of rotatable bonds is 7. The molecule has 1 aromatic carbocycles. The van der Waals surface area contributed by atoms with Crippen LogP contribution in [0.25, 0.3) is 0 Å². The molecule has 0 aromatic heterocycles. The Kier molecular flexibility index (Phi) is 6.32. The summed E-state index contributed by atoms with van der Waals surface area (Å²) in [5, 5.41) is 5.15. The maximum absolute atomic E-state index is 12.2. The van der Waals surface area contributed by atoms with E-state index in [2.05, 4.69) is 10.6 Å². The first kappa shape index (κ1) is 19.4. The van der Waals surface area contributed by atoms with Gasteiger partial charge in [-0.15, -0.1) is 0 Å². The first-order valence-corrected chi connectivity index (χ1v) is 8.43. The summed E-state index contributed by atoms with van der Waals surface area (Å²) in [5.74, 6) is -1.29. The van der Waals surface area contributed by atoms with E-state index in [1.165, 1.54) is 6.92 Å². The van der Waals surface area contributed by atoms with Gasteiger partial charge in [-0.1, -0.05) is 12.1 Å². The van der Waals surface area contributed by atoms with Gasteiger partial charge in [0.1, 0.15) is 0 Å². The number of hydrogen-bond acceptors (Lipinski definition) is 5. The highest BCUT2D eigenvalue weighted by molar-refractivity contribution is 6.02. The zero-order valence-electron chi connectivity index (χ0n) is 15.1. The monoisotopic (exact) mass is 361 g/mol. The summed E-state index contributed by atoms with van der Waals surface area (Å²) in [6.07, 6.45) is -0.652. The third-order valence-corrected chi connectivity index (χ3v) is 4.03. The van der Waals surface area contributed by atoms with Crippen LogP contribution in [0, 0.1) is 13.8 Å². The molecule has 1 aromatic rings. The predicted octanol–water partition coefficient (Wildman–Crippen LogP) is 1.51. The summed E-state index contributed by atoms with van der Waals surface area (Å²) < 4.78 is 5.12. The van der Waals surface area contributed by atoms with Crippen LogP contribution in [-0.2, 0) is 19.1 Å². The normalized spacial score (nSPS) is 14.8. The van der Waals surface area contributed by atoms with Crippen molar-refractivity contribution >= 4 is 29.5 Å². The van der Waals surface area contributed by atoms with Crippen molar-refractivity contribution in [3.8, 4) is 0 Å². The first-order chi connectivity index (χ1) is 12.3. The van der Waals surface area contributed by atoms with Gasteiger partial charge in [-0.3, -0.25) is 19.3 Å². The van der Waals surface area contributed by atoms with Crippen LogP contribution in [0.1, 0.15) is 30.9 Å². The molecule has 1 atom stereocenters. The number of aryl methyl sites for hydroxylation is 2. The fraction of sp³-hybridized carbons (Fsp3) is 0.444. The lowest BCUT2D eigenvalue weighted by molar-refractivity contribution is -0.153. The van der Waals surface area contributed by atoms with E-state index in [9.17, 15) is 19.2 Å². The molecule has 26 heavy (non-hydrogen) atoms. The minimum atomic E-state index is -0.945. The van der Waals surface area contributed by atoms with E-state index in [-0.39, 0.29) is 31.8 Å². The van der Waals surface area contributed by atoms with Crippen molar-refractivity contribution in [2.24, 2.45) is 0 Å². The fourth-order valence-corrected chi connectivity index (χ4v) is 2.48. The fourth-order valence-electron chi connectivity index (χ4n) is 2.48. The lowest BCUT2D eigenvalue weighted by Gasteiger charge is -2.16. The summed E-state index contributed by atoms with van der Waals surface area (Å²) in [6, 6.07) is 5.24. The van der Waals surface area contributed by atoms with Crippen LogP contribution < -0.4 is 10.6 Å².